The summed E-state index contributed by atoms with van der Waals surface area (Å²) in [5.74, 6) is 0.586. The second-order valence-corrected chi connectivity index (χ2v) is 7.32. The Kier molecular flexibility index (Phi) is 3.37. The number of aliphatic hydroxyl groups excluding tert-OH is 1. The van der Waals surface area contributed by atoms with E-state index in [-0.39, 0.29) is 29.5 Å². The minimum Gasteiger partial charge on any atom is -0.498 e. The summed E-state index contributed by atoms with van der Waals surface area (Å²) in [5, 5.41) is 14.5. The Balaban J connectivity index is 1.95. The molecule has 3 aliphatic carbocycles. The highest BCUT2D eigenvalue weighted by Gasteiger charge is 2.79. The Morgan fingerprint density at radius 3 is 2.48 bits per heavy atom. The quantitative estimate of drug-likeness (QED) is 0.763. The smallest absolute Gasteiger partial charge is 0.201 e. The van der Waals surface area contributed by atoms with Crippen molar-refractivity contribution in [1.82, 2.24) is 5.32 Å². The van der Waals surface area contributed by atoms with Crippen LogP contribution in [0.4, 0.5) is 0 Å². The van der Waals surface area contributed by atoms with Gasteiger partial charge in [0, 0.05) is 17.9 Å². The van der Waals surface area contributed by atoms with Crippen LogP contribution in [0, 0.1) is 10.8 Å². The number of ether oxygens (including phenoxy) is 3. The number of ketones is 2. The second kappa shape index (κ2) is 5.08. The number of rotatable bonds is 3. The Labute approximate surface area is 146 Å². The molecule has 1 spiro atoms. The normalized spacial score (nSPS) is 42.6. The van der Waals surface area contributed by atoms with E-state index in [0.717, 1.165) is 0 Å². The van der Waals surface area contributed by atoms with E-state index in [1.54, 1.807) is 0 Å². The molecule has 0 aromatic carbocycles. The van der Waals surface area contributed by atoms with Gasteiger partial charge in [-0.25, -0.2) is 0 Å². The Morgan fingerprint density at radius 2 is 1.88 bits per heavy atom. The van der Waals surface area contributed by atoms with Crippen LogP contribution in [0.5, 0.6) is 0 Å². The van der Waals surface area contributed by atoms with Gasteiger partial charge in [-0.2, -0.15) is 0 Å². The Hall–Kier alpha value is -1.86. The van der Waals surface area contributed by atoms with E-state index in [9.17, 15) is 14.7 Å². The molecule has 0 unspecified atom stereocenters. The van der Waals surface area contributed by atoms with Crippen molar-refractivity contribution in [2.45, 2.75) is 37.3 Å². The molecule has 1 saturated carbocycles. The lowest BCUT2D eigenvalue weighted by molar-refractivity contribution is -0.146. The number of carbonyl (C=O) groups is 2. The van der Waals surface area contributed by atoms with Gasteiger partial charge in [0.2, 0.25) is 11.5 Å². The fraction of sp³-hybridized carbons (Fsp3) is 0.667. The molecular weight excluding hydrogens is 326 g/mol. The van der Waals surface area contributed by atoms with Gasteiger partial charge in [-0.3, -0.25) is 9.59 Å². The zero-order valence-corrected chi connectivity index (χ0v) is 14.7. The number of nitrogens with one attached hydrogen (secondary N) is 1. The van der Waals surface area contributed by atoms with Crippen LogP contribution in [0.3, 0.4) is 0 Å². The predicted molar refractivity (Wildman–Crippen MR) is 86.2 cm³/mol. The van der Waals surface area contributed by atoms with Gasteiger partial charge in [0.15, 0.2) is 11.5 Å². The van der Waals surface area contributed by atoms with E-state index in [1.807, 2.05) is 0 Å². The molecule has 0 aromatic heterocycles. The van der Waals surface area contributed by atoms with Gasteiger partial charge in [0.05, 0.1) is 32.3 Å². The van der Waals surface area contributed by atoms with Crippen molar-refractivity contribution >= 4 is 11.6 Å². The number of Topliss-reactive ketones (excluding diaryl/α,β-unsaturated/α-hetero) is 1. The van der Waals surface area contributed by atoms with Gasteiger partial charge < -0.3 is 24.6 Å². The number of methoxy groups -OCH3 is 3. The Morgan fingerprint density at radius 1 is 1.12 bits per heavy atom. The zero-order valence-electron chi connectivity index (χ0n) is 14.7. The van der Waals surface area contributed by atoms with Crippen LogP contribution in [0.15, 0.2) is 23.4 Å². The lowest BCUT2D eigenvalue weighted by atomic mass is 9.52. The SMILES string of the molecule is COC1=CC(=O)[C@]2(CC[C@]34NCC[C@@]32CC(=O)C(OC)=C4OC)[C@@H]1O. The van der Waals surface area contributed by atoms with E-state index in [4.69, 9.17) is 14.2 Å². The fourth-order valence-electron chi connectivity index (χ4n) is 6.03. The summed E-state index contributed by atoms with van der Waals surface area (Å²) in [6, 6.07) is 0. The molecule has 0 aromatic rings. The van der Waals surface area contributed by atoms with Crippen molar-refractivity contribution in [2.75, 3.05) is 27.9 Å². The average molecular weight is 349 g/mol. The zero-order chi connectivity index (χ0) is 18.0. The number of hydrogen-bond acceptors (Lipinski definition) is 7. The summed E-state index contributed by atoms with van der Waals surface area (Å²) in [6.07, 6.45) is 2.13. The first kappa shape index (κ1) is 16.6. The van der Waals surface area contributed by atoms with Crippen LogP contribution in [-0.2, 0) is 23.8 Å². The summed E-state index contributed by atoms with van der Waals surface area (Å²) >= 11 is 0. The van der Waals surface area contributed by atoms with Crippen molar-refractivity contribution in [1.29, 1.82) is 0 Å². The van der Waals surface area contributed by atoms with Crippen LogP contribution in [0.25, 0.3) is 0 Å². The first-order valence-corrected chi connectivity index (χ1v) is 8.53. The van der Waals surface area contributed by atoms with Crippen molar-refractivity contribution in [2.24, 2.45) is 10.8 Å². The summed E-state index contributed by atoms with van der Waals surface area (Å²) in [6.45, 7) is 0.640. The van der Waals surface area contributed by atoms with Gasteiger partial charge in [-0.15, -0.1) is 0 Å². The number of carbonyl (C=O) groups excluding carboxylic acids is 2. The van der Waals surface area contributed by atoms with Gasteiger partial charge in [-0.05, 0) is 25.8 Å². The first-order chi connectivity index (χ1) is 11.9. The first-order valence-electron chi connectivity index (χ1n) is 8.53. The second-order valence-electron chi connectivity index (χ2n) is 7.32. The molecule has 0 radical (unpaired) electrons. The van der Waals surface area contributed by atoms with Crippen molar-refractivity contribution < 1.29 is 28.9 Å². The van der Waals surface area contributed by atoms with Crippen molar-refractivity contribution in [3.8, 4) is 0 Å². The molecule has 25 heavy (non-hydrogen) atoms. The van der Waals surface area contributed by atoms with E-state index in [0.29, 0.717) is 31.6 Å². The fourth-order valence-corrected chi connectivity index (χ4v) is 6.03. The molecule has 2 fully saturated rings. The van der Waals surface area contributed by atoms with Crippen LogP contribution in [0.1, 0.15) is 25.7 Å². The molecule has 2 N–H and O–H groups in total. The third kappa shape index (κ3) is 1.55. The van der Waals surface area contributed by atoms with E-state index >= 15 is 0 Å². The highest BCUT2D eigenvalue weighted by Crippen LogP contribution is 2.71. The lowest BCUT2D eigenvalue weighted by Crippen LogP contribution is -2.62. The summed E-state index contributed by atoms with van der Waals surface area (Å²) in [4.78, 5) is 25.9. The van der Waals surface area contributed by atoms with Crippen LogP contribution < -0.4 is 5.32 Å². The highest BCUT2D eigenvalue weighted by molar-refractivity contribution is 6.03. The summed E-state index contributed by atoms with van der Waals surface area (Å²) < 4.78 is 16.2. The lowest BCUT2D eigenvalue weighted by Gasteiger charge is -2.51. The third-order valence-corrected chi connectivity index (χ3v) is 6.95. The minimum atomic E-state index is -1.07. The third-order valence-electron chi connectivity index (χ3n) is 6.95. The van der Waals surface area contributed by atoms with Gasteiger partial charge in [0.25, 0.3) is 0 Å². The van der Waals surface area contributed by atoms with E-state index in [2.05, 4.69) is 5.32 Å². The van der Waals surface area contributed by atoms with Gasteiger partial charge in [-0.1, -0.05) is 0 Å². The summed E-state index contributed by atoms with van der Waals surface area (Å²) in [5.41, 5.74) is -2.51. The number of hydrogen-bond donors (Lipinski definition) is 2. The maximum absolute atomic E-state index is 13.1. The number of aliphatic hydroxyl groups is 1. The summed E-state index contributed by atoms with van der Waals surface area (Å²) in [7, 11) is 4.42. The topological polar surface area (TPSA) is 94.1 Å². The largest absolute Gasteiger partial charge is 0.498 e. The molecule has 1 saturated heterocycles. The highest BCUT2D eigenvalue weighted by atomic mass is 16.5. The molecule has 0 bridgehead atoms. The van der Waals surface area contributed by atoms with Gasteiger partial charge in [0.1, 0.15) is 11.9 Å². The molecule has 7 nitrogen and oxygen atoms in total. The van der Waals surface area contributed by atoms with Crippen molar-refractivity contribution in [3.63, 3.8) is 0 Å². The van der Waals surface area contributed by atoms with E-state index < -0.39 is 22.5 Å². The predicted octanol–water partition coefficient (Wildman–Crippen LogP) is 0.436. The molecule has 1 aliphatic heterocycles. The van der Waals surface area contributed by atoms with Crippen LogP contribution in [-0.4, -0.2) is 56.2 Å². The average Bonchev–Trinajstić information content (AvgIpc) is 3.18. The van der Waals surface area contributed by atoms with Crippen LogP contribution in [0.2, 0.25) is 0 Å². The van der Waals surface area contributed by atoms with E-state index in [1.165, 1.54) is 27.4 Å². The monoisotopic (exact) mass is 349 g/mol. The molecule has 4 atom stereocenters. The molecular formula is C18H23NO6. The molecule has 1 heterocycles. The maximum Gasteiger partial charge on any atom is 0.201 e. The molecule has 0 amide bonds. The molecule has 136 valence electrons. The van der Waals surface area contributed by atoms with Crippen molar-refractivity contribution in [3.05, 3.63) is 23.4 Å². The Bertz CT molecular complexity index is 727. The maximum atomic E-state index is 13.1. The molecule has 4 aliphatic rings. The minimum absolute atomic E-state index is 0.143. The van der Waals surface area contributed by atoms with Gasteiger partial charge >= 0.3 is 0 Å². The molecule has 4 rings (SSSR count). The standard InChI is InChI=1S/C18H23NO6/c1-23-11-8-12(21)17(14(11)22)4-5-18-15(25-3)13(24-2)10(20)9-16(17,18)6-7-19-18/h8,14,19,22H,4-7,9H2,1-3H3/t14-,16+,17-,18-/m1/s1. The van der Waals surface area contributed by atoms with Crippen LogP contribution >= 0.6 is 0 Å². The molecule has 7 heteroatoms. The number of allylic oxidation sites excluding steroid dienone is 2.